The van der Waals surface area contributed by atoms with Crippen LogP contribution in [0.2, 0.25) is 0 Å². The number of carbonyl (C=O) groups excluding carboxylic acids is 1. The van der Waals surface area contributed by atoms with Gasteiger partial charge in [-0.3, -0.25) is 4.79 Å². The molecule has 2 unspecified atom stereocenters. The predicted molar refractivity (Wildman–Crippen MR) is 67.8 cm³/mol. The Balaban J connectivity index is 1.93. The number of nitrogens with zero attached hydrogens (tertiary/aromatic N) is 1. The first-order chi connectivity index (χ1) is 8.22. The summed E-state index contributed by atoms with van der Waals surface area (Å²) in [5, 5.41) is 1.94. The van der Waals surface area contributed by atoms with Gasteiger partial charge < -0.3 is 15.4 Å². The van der Waals surface area contributed by atoms with Crippen molar-refractivity contribution in [2.75, 3.05) is 26.8 Å². The van der Waals surface area contributed by atoms with Crippen LogP contribution in [0.4, 0.5) is 0 Å². The van der Waals surface area contributed by atoms with Crippen molar-refractivity contribution in [1.29, 1.82) is 0 Å². The minimum Gasteiger partial charge on any atom is -0.384 e. The van der Waals surface area contributed by atoms with E-state index < -0.39 is 6.04 Å². The maximum absolute atomic E-state index is 12.2. The number of thiophene rings is 1. The average Bonchev–Trinajstić information content (AvgIpc) is 2.98. The summed E-state index contributed by atoms with van der Waals surface area (Å²) in [6, 6.07) is 3.33. The van der Waals surface area contributed by atoms with Gasteiger partial charge in [0, 0.05) is 31.0 Å². The highest BCUT2D eigenvalue weighted by Gasteiger charge is 2.30. The number of nitrogens with two attached hydrogens (primary N) is 1. The minimum atomic E-state index is -0.503. The van der Waals surface area contributed by atoms with Crippen LogP contribution in [0, 0.1) is 5.92 Å². The maximum atomic E-state index is 12.2. The third-order valence-corrected chi connectivity index (χ3v) is 4.07. The van der Waals surface area contributed by atoms with Crippen LogP contribution in [0.3, 0.4) is 0 Å². The topological polar surface area (TPSA) is 55.6 Å². The van der Waals surface area contributed by atoms with E-state index >= 15 is 0 Å². The monoisotopic (exact) mass is 254 g/mol. The van der Waals surface area contributed by atoms with Gasteiger partial charge in [0.05, 0.1) is 6.61 Å². The third-order valence-electron chi connectivity index (χ3n) is 3.12. The van der Waals surface area contributed by atoms with E-state index in [-0.39, 0.29) is 5.91 Å². The smallest absolute Gasteiger partial charge is 0.244 e. The van der Waals surface area contributed by atoms with Crippen LogP contribution in [-0.2, 0) is 9.53 Å². The molecule has 2 rings (SSSR count). The Morgan fingerprint density at radius 2 is 2.59 bits per heavy atom. The minimum absolute atomic E-state index is 0.0334. The molecule has 0 radical (unpaired) electrons. The maximum Gasteiger partial charge on any atom is 0.244 e. The van der Waals surface area contributed by atoms with Gasteiger partial charge in [-0.1, -0.05) is 6.07 Å². The van der Waals surface area contributed by atoms with Crippen molar-refractivity contribution >= 4 is 17.2 Å². The van der Waals surface area contributed by atoms with Crippen molar-refractivity contribution in [1.82, 2.24) is 4.90 Å². The van der Waals surface area contributed by atoms with Gasteiger partial charge in [-0.25, -0.2) is 0 Å². The lowest BCUT2D eigenvalue weighted by molar-refractivity contribution is -0.131. The molecule has 2 atom stereocenters. The Morgan fingerprint density at radius 3 is 3.24 bits per heavy atom. The molecule has 1 aliphatic heterocycles. The summed E-state index contributed by atoms with van der Waals surface area (Å²) in [4.78, 5) is 15.0. The van der Waals surface area contributed by atoms with Gasteiger partial charge in [0.15, 0.2) is 0 Å². The number of methoxy groups -OCH3 is 1. The Hall–Kier alpha value is -0.910. The highest BCUT2D eigenvalue weighted by Crippen LogP contribution is 2.23. The second kappa shape index (κ2) is 5.62. The molecule has 4 nitrogen and oxygen atoms in total. The van der Waals surface area contributed by atoms with E-state index in [2.05, 4.69) is 0 Å². The zero-order valence-corrected chi connectivity index (χ0v) is 10.8. The van der Waals surface area contributed by atoms with Crippen molar-refractivity contribution in [3.63, 3.8) is 0 Å². The third kappa shape index (κ3) is 2.86. The largest absolute Gasteiger partial charge is 0.384 e. The van der Waals surface area contributed by atoms with Crippen LogP contribution in [0.25, 0.3) is 0 Å². The van der Waals surface area contributed by atoms with Crippen molar-refractivity contribution < 1.29 is 9.53 Å². The van der Waals surface area contributed by atoms with E-state index in [4.69, 9.17) is 10.5 Å². The van der Waals surface area contributed by atoms with Crippen LogP contribution in [-0.4, -0.2) is 37.6 Å². The van der Waals surface area contributed by atoms with E-state index in [1.165, 1.54) is 11.3 Å². The van der Waals surface area contributed by atoms with Crippen molar-refractivity contribution in [2.24, 2.45) is 11.7 Å². The molecule has 2 heterocycles. The molecule has 0 aromatic carbocycles. The van der Waals surface area contributed by atoms with Crippen LogP contribution in [0.1, 0.15) is 17.3 Å². The number of carbonyl (C=O) groups is 1. The summed E-state index contributed by atoms with van der Waals surface area (Å²) in [6.07, 6.45) is 1.01. The molecule has 94 valence electrons. The van der Waals surface area contributed by atoms with Crippen molar-refractivity contribution in [3.8, 4) is 0 Å². The summed E-state index contributed by atoms with van der Waals surface area (Å²) in [5.74, 6) is 0.491. The normalized spacial score (nSPS) is 21.8. The molecule has 1 amide bonds. The Morgan fingerprint density at radius 1 is 1.76 bits per heavy atom. The Kier molecular flexibility index (Phi) is 4.15. The van der Waals surface area contributed by atoms with E-state index in [0.29, 0.717) is 5.92 Å². The summed E-state index contributed by atoms with van der Waals surface area (Å²) < 4.78 is 5.12. The first kappa shape index (κ1) is 12.5. The van der Waals surface area contributed by atoms with E-state index in [0.717, 1.165) is 31.0 Å². The second-order valence-electron chi connectivity index (χ2n) is 4.39. The van der Waals surface area contributed by atoms with Gasteiger partial charge in [-0.15, -0.1) is 11.3 Å². The number of amides is 1. The Bertz CT molecular complexity index is 367. The molecule has 1 saturated heterocycles. The molecular weight excluding hydrogens is 236 g/mol. The first-order valence-corrected chi connectivity index (χ1v) is 6.67. The van der Waals surface area contributed by atoms with Gasteiger partial charge >= 0.3 is 0 Å². The fraction of sp³-hybridized carbons (Fsp3) is 0.583. The van der Waals surface area contributed by atoms with Crippen LogP contribution in [0.5, 0.6) is 0 Å². The van der Waals surface area contributed by atoms with Gasteiger partial charge in [-0.05, 0) is 17.9 Å². The lowest BCUT2D eigenvalue weighted by atomic mass is 10.1. The molecule has 0 spiro atoms. The number of hydrogen-bond acceptors (Lipinski definition) is 4. The molecule has 5 heteroatoms. The number of rotatable bonds is 4. The lowest BCUT2D eigenvalue weighted by Gasteiger charge is -2.20. The van der Waals surface area contributed by atoms with Crippen LogP contribution < -0.4 is 5.73 Å². The van der Waals surface area contributed by atoms with Gasteiger partial charge in [0.2, 0.25) is 5.91 Å². The molecular formula is C12H18N2O2S. The van der Waals surface area contributed by atoms with Gasteiger partial charge in [-0.2, -0.15) is 0 Å². The molecule has 1 aromatic rings. The second-order valence-corrected chi connectivity index (χ2v) is 5.37. The van der Waals surface area contributed by atoms with Crippen LogP contribution >= 0.6 is 11.3 Å². The predicted octanol–water partition coefficient (Wildman–Crippen LogP) is 1.24. The quantitative estimate of drug-likeness (QED) is 0.879. The summed E-state index contributed by atoms with van der Waals surface area (Å²) >= 11 is 1.53. The molecule has 0 bridgehead atoms. The zero-order valence-electron chi connectivity index (χ0n) is 9.96. The summed E-state index contributed by atoms with van der Waals surface area (Å²) in [5.41, 5.74) is 5.97. The van der Waals surface area contributed by atoms with Crippen molar-refractivity contribution in [3.05, 3.63) is 22.4 Å². The first-order valence-electron chi connectivity index (χ1n) is 5.79. The van der Waals surface area contributed by atoms with E-state index in [1.54, 1.807) is 7.11 Å². The van der Waals surface area contributed by atoms with Crippen LogP contribution in [0.15, 0.2) is 17.5 Å². The SMILES string of the molecule is COCC1CCN(C(=O)C(N)c2cccs2)C1. The average molecular weight is 254 g/mol. The molecule has 1 aromatic heterocycles. The fourth-order valence-electron chi connectivity index (χ4n) is 2.19. The molecule has 0 saturated carbocycles. The Labute approximate surface area is 105 Å². The highest BCUT2D eigenvalue weighted by atomic mass is 32.1. The van der Waals surface area contributed by atoms with E-state index in [9.17, 15) is 4.79 Å². The van der Waals surface area contributed by atoms with Crippen molar-refractivity contribution in [2.45, 2.75) is 12.5 Å². The number of ether oxygens (including phenoxy) is 1. The standard InChI is InChI=1S/C12H18N2O2S/c1-16-8-9-4-5-14(7-9)12(15)11(13)10-3-2-6-17-10/h2-3,6,9,11H,4-5,7-8,13H2,1H3. The zero-order chi connectivity index (χ0) is 12.3. The van der Waals surface area contributed by atoms with Gasteiger partial charge in [0.25, 0.3) is 0 Å². The summed E-state index contributed by atoms with van der Waals surface area (Å²) in [7, 11) is 1.70. The lowest BCUT2D eigenvalue weighted by Crippen LogP contribution is -2.37. The molecule has 17 heavy (non-hydrogen) atoms. The number of hydrogen-bond donors (Lipinski definition) is 1. The molecule has 1 fully saturated rings. The molecule has 1 aliphatic rings. The molecule has 0 aliphatic carbocycles. The van der Waals surface area contributed by atoms with E-state index in [1.807, 2.05) is 22.4 Å². The summed E-state index contributed by atoms with van der Waals surface area (Å²) in [6.45, 7) is 2.29. The highest BCUT2D eigenvalue weighted by molar-refractivity contribution is 7.10. The van der Waals surface area contributed by atoms with Gasteiger partial charge in [0.1, 0.15) is 6.04 Å². The molecule has 2 N–H and O–H groups in total. The number of likely N-dealkylation sites (tertiary alicyclic amines) is 1. The fourth-order valence-corrected chi connectivity index (χ4v) is 2.91.